The molecule has 16 heavy (non-hydrogen) atoms. The van der Waals surface area contributed by atoms with Crippen molar-refractivity contribution in [2.24, 2.45) is 0 Å². The van der Waals surface area contributed by atoms with Gasteiger partial charge in [0.1, 0.15) is 4.49 Å². The largest absolute Gasteiger partial charge is 0.289 e. The fourth-order valence-corrected chi connectivity index (χ4v) is 1.96. The molecule has 0 aromatic heterocycles. The molecule has 0 spiro atoms. The number of aryl methyl sites for hydroxylation is 1. The Morgan fingerprint density at radius 1 is 1.19 bits per heavy atom. The summed E-state index contributed by atoms with van der Waals surface area (Å²) >= 11 is 11.0. The summed E-state index contributed by atoms with van der Waals surface area (Å²) in [5.41, 5.74) is 2.67. The van der Waals surface area contributed by atoms with Gasteiger partial charge >= 0.3 is 0 Å². The van der Waals surface area contributed by atoms with Gasteiger partial charge in [0.15, 0.2) is 5.78 Å². The van der Waals surface area contributed by atoms with Crippen molar-refractivity contribution in [3.63, 3.8) is 0 Å². The molecule has 0 saturated heterocycles. The second kappa shape index (κ2) is 4.86. The molecule has 1 aromatic carbocycles. The maximum absolute atomic E-state index is 12.0. The Morgan fingerprint density at radius 3 is 2.69 bits per heavy atom. The predicted molar refractivity (Wildman–Crippen MR) is 67.0 cm³/mol. The summed E-state index contributed by atoms with van der Waals surface area (Å²) in [5, 5.41) is 0. The Kier molecular flexibility index (Phi) is 3.47. The first kappa shape index (κ1) is 11.4. The molecule has 1 aliphatic carbocycles. The fraction of sp³-hybridized carbons (Fsp3) is 0.154. The third-order valence-electron chi connectivity index (χ3n) is 2.63. The molecule has 1 aromatic rings. The number of Topliss-reactive ketones (excluding diaryl/α,β-unsaturated/α-hetero) is 1. The van der Waals surface area contributed by atoms with E-state index in [0.29, 0.717) is 0 Å². The van der Waals surface area contributed by atoms with Crippen LogP contribution < -0.4 is 0 Å². The maximum atomic E-state index is 12.0. The van der Waals surface area contributed by atoms with Crippen LogP contribution in [-0.4, -0.2) is 5.78 Å². The standard InChI is InChI=1S/C13H10Cl2O/c14-12(15)8-7-10-6-5-9-3-1-2-4-11(9)13(10)16/h1-4,7-8H,5-6H2/b10-7-. The predicted octanol–water partition coefficient (Wildman–Crippen LogP) is 4.06. The summed E-state index contributed by atoms with van der Waals surface area (Å²) in [7, 11) is 0. The van der Waals surface area contributed by atoms with E-state index in [1.165, 1.54) is 0 Å². The van der Waals surface area contributed by atoms with Gasteiger partial charge in [0.2, 0.25) is 0 Å². The number of ketones is 1. The van der Waals surface area contributed by atoms with E-state index in [0.717, 1.165) is 29.5 Å². The quantitative estimate of drug-likeness (QED) is 0.689. The van der Waals surface area contributed by atoms with Crippen molar-refractivity contribution >= 4 is 29.0 Å². The lowest BCUT2D eigenvalue weighted by molar-refractivity contribution is 0.102. The van der Waals surface area contributed by atoms with Crippen LogP contribution in [0.3, 0.4) is 0 Å². The van der Waals surface area contributed by atoms with Crippen molar-refractivity contribution in [2.75, 3.05) is 0 Å². The minimum Gasteiger partial charge on any atom is -0.289 e. The molecule has 82 valence electrons. The minimum absolute atomic E-state index is 0.0766. The van der Waals surface area contributed by atoms with Crippen molar-refractivity contribution < 1.29 is 4.79 Å². The Morgan fingerprint density at radius 2 is 1.94 bits per heavy atom. The molecule has 0 atom stereocenters. The smallest absolute Gasteiger partial charge is 0.189 e. The van der Waals surface area contributed by atoms with Crippen LogP contribution in [0.2, 0.25) is 0 Å². The highest BCUT2D eigenvalue weighted by molar-refractivity contribution is 6.56. The van der Waals surface area contributed by atoms with E-state index in [-0.39, 0.29) is 10.3 Å². The molecule has 0 heterocycles. The zero-order valence-corrected chi connectivity index (χ0v) is 10.1. The van der Waals surface area contributed by atoms with Gasteiger partial charge in [-0.3, -0.25) is 4.79 Å². The molecule has 0 saturated carbocycles. The van der Waals surface area contributed by atoms with Gasteiger partial charge < -0.3 is 0 Å². The summed E-state index contributed by atoms with van der Waals surface area (Å²) in [6.07, 6.45) is 4.88. The lowest BCUT2D eigenvalue weighted by Gasteiger charge is -2.16. The van der Waals surface area contributed by atoms with E-state index in [9.17, 15) is 4.79 Å². The van der Waals surface area contributed by atoms with E-state index >= 15 is 0 Å². The summed E-state index contributed by atoms with van der Waals surface area (Å²) in [6.45, 7) is 0. The molecule has 1 aliphatic rings. The zero-order chi connectivity index (χ0) is 11.5. The number of hydrogen-bond acceptors (Lipinski definition) is 1. The number of halogens is 2. The van der Waals surface area contributed by atoms with E-state index in [4.69, 9.17) is 23.2 Å². The van der Waals surface area contributed by atoms with Gasteiger partial charge in [0.25, 0.3) is 0 Å². The average Bonchev–Trinajstić information content (AvgIpc) is 2.28. The van der Waals surface area contributed by atoms with Crippen molar-refractivity contribution in [1.29, 1.82) is 0 Å². The van der Waals surface area contributed by atoms with E-state index in [1.807, 2.05) is 24.3 Å². The van der Waals surface area contributed by atoms with Gasteiger partial charge in [-0.25, -0.2) is 0 Å². The number of carbonyl (C=O) groups is 1. The van der Waals surface area contributed by atoms with Crippen molar-refractivity contribution in [3.05, 3.63) is 57.6 Å². The van der Waals surface area contributed by atoms with Gasteiger partial charge in [-0.05, 0) is 24.5 Å². The Labute approximate surface area is 104 Å². The number of carbonyl (C=O) groups excluding carboxylic acids is 1. The highest BCUT2D eigenvalue weighted by atomic mass is 35.5. The molecule has 1 nitrogen and oxygen atoms in total. The molecule has 0 N–H and O–H groups in total. The van der Waals surface area contributed by atoms with Crippen LogP contribution in [0.1, 0.15) is 22.3 Å². The van der Waals surface area contributed by atoms with Crippen LogP contribution in [0.15, 0.2) is 46.5 Å². The number of benzene rings is 1. The van der Waals surface area contributed by atoms with Gasteiger partial charge in [-0.15, -0.1) is 0 Å². The zero-order valence-electron chi connectivity index (χ0n) is 8.54. The number of fused-ring (bicyclic) bond motifs is 1. The molecule has 2 rings (SSSR count). The first-order valence-electron chi connectivity index (χ1n) is 5.03. The monoisotopic (exact) mass is 252 g/mol. The SMILES string of the molecule is O=C1/C(=C\C=C(Cl)Cl)CCc2ccccc21. The first-order chi connectivity index (χ1) is 7.68. The number of rotatable bonds is 1. The van der Waals surface area contributed by atoms with Crippen molar-refractivity contribution in [3.8, 4) is 0 Å². The summed E-state index contributed by atoms with van der Waals surface area (Å²) < 4.78 is 0.166. The topological polar surface area (TPSA) is 17.1 Å². The molecular formula is C13H10Cl2O. The van der Waals surface area contributed by atoms with Gasteiger partial charge in [0, 0.05) is 11.1 Å². The summed E-state index contributed by atoms with van der Waals surface area (Å²) in [6, 6.07) is 7.69. The number of allylic oxidation sites excluding steroid dienone is 3. The van der Waals surface area contributed by atoms with Crippen molar-refractivity contribution in [1.82, 2.24) is 0 Å². The van der Waals surface area contributed by atoms with Gasteiger partial charge in [0.05, 0.1) is 0 Å². The highest BCUT2D eigenvalue weighted by Gasteiger charge is 2.20. The average molecular weight is 253 g/mol. The van der Waals surface area contributed by atoms with E-state index < -0.39 is 0 Å². The summed E-state index contributed by atoms with van der Waals surface area (Å²) in [5.74, 6) is 0.0766. The normalized spacial score (nSPS) is 17.1. The van der Waals surface area contributed by atoms with Gasteiger partial charge in [-0.1, -0.05) is 53.5 Å². The third-order valence-corrected chi connectivity index (χ3v) is 2.88. The van der Waals surface area contributed by atoms with Crippen LogP contribution in [0.25, 0.3) is 0 Å². The molecule has 0 unspecified atom stereocenters. The van der Waals surface area contributed by atoms with E-state index in [2.05, 4.69) is 0 Å². The second-order valence-corrected chi connectivity index (χ2v) is 4.64. The van der Waals surface area contributed by atoms with Crippen LogP contribution in [0.5, 0.6) is 0 Å². The van der Waals surface area contributed by atoms with Gasteiger partial charge in [-0.2, -0.15) is 0 Å². The van der Waals surface area contributed by atoms with Crippen LogP contribution in [-0.2, 0) is 6.42 Å². The molecule has 0 radical (unpaired) electrons. The molecule has 0 bridgehead atoms. The van der Waals surface area contributed by atoms with E-state index in [1.54, 1.807) is 12.2 Å². The van der Waals surface area contributed by atoms with Crippen LogP contribution in [0, 0.1) is 0 Å². The molecule has 0 amide bonds. The molecule has 0 aliphatic heterocycles. The molecule has 3 heteroatoms. The first-order valence-corrected chi connectivity index (χ1v) is 5.78. The Balaban J connectivity index is 2.35. The number of hydrogen-bond donors (Lipinski definition) is 0. The highest BCUT2D eigenvalue weighted by Crippen LogP contribution is 2.25. The Hall–Kier alpha value is -1.05. The van der Waals surface area contributed by atoms with Crippen LogP contribution in [0.4, 0.5) is 0 Å². The maximum Gasteiger partial charge on any atom is 0.189 e. The van der Waals surface area contributed by atoms with Crippen molar-refractivity contribution in [2.45, 2.75) is 12.8 Å². The Bertz CT molecular complexity index is 482. The molecule has 0 fully saturated rings. The fourth-order valence-electron chi connectivity index (χ4n) is 1.84. The summed E-state index contributed by atoms with van der Waals surface area (Å²) in [4.78, 5) is 12.0. The lowest BCUT2D eigenvalue weighted by Crippen LogP contribution is -2.13. The molecular weight excluding hydrogens is 243 g/mol. The minimum atomic E-state index is 0.0766. The van der Waals surface area contributed by atoms with Crippen LogP contribution >= 0.6 is 23.2 Å². The lowest BCUT2D eigenvalue weighted by atomic mass is 9.87. The second-order valence-electron chi connectivity index (χ2n) is 3.63. The third kappa shape index (κ3) is 2.37.